The molecule has 0 saturated heterocycles. The molecule has 3 rings (SSSR count). The van der Waals surface area contributed by atoms with Crippen molar-refractivity contribution >= 4 is 11.7 Å². The van der Waals surface area contributed by atoms with Crippen molar-refractivity contribution < 1.29 is 9.42 Å². The van der Waals surface area contributed by atoms with E-state index >= 15 is 0 Å². The Balaban J connectivity index is 1.56. The van der Waals surface area contributed by atoms with Crippen LogP contribution in [0, 0.1) is 6.92 Å². The molecule has 152 valence electrons. The minimum absolute atomic E-state index is 0.184. The number of hydrogen-bond donors (Lipinski definition) is 2. The zero-order valence-corrected chi connectivity index (χ0v) is 17.1. The van der Waals surface area contributed by atoms with Crippen LogP contribution < -0.4 is 10.6 Å². The second-order valence-electron chi connectivity index (χ2n) is 7.20. The second-order valence-corrected chi connectivity index (χ2v) is 7.20. The molecular formula is C23H28N4O2. The first-order valence-electron chi connectivity index (χ1n) is 10.2. The average Bonchev–Trinajstić information content (AvgIpc) is 3.21. The van der Waals surface area contributed by atoms with Crippen molar-refractivity contribution in [2.45, 2.75) is 46.0 Å². The Labute approximate surface area is 171 Å². The number of benzene rings is 2. The summed E-state index contributed by atoms with van der Waals surface area (Å²) < 4.78 is 4.98. The number of urea groups is 1. The van der Waals surface area contributed by atoms with E-state index in [1.54, 1.807) is 0 Å². The maximum Gasteiger partial charge on any atom is 0.319 e. The van der Waals surface area contributed by atoms with Crippen molar-refractivity contribution in [3.05, 3.63) is 54.1 Å². The molecule has 0 saturated carbocycles. The normalized spacial score (nSPS) is 10.7. The lowest BCUT2D eigenvalue weighted by Gasteiger charge is -2.08. The quantitative estimate of drug-likeness (QED) is 0.451. The highest BCUT2D eigenvalue weighted by Crippen LogP contribution is 2.29. The van der Waals surface area contributed by atoms with Gasteiger partial charge < -0.3 is 10.6 Å². The molecule has 2 aromatic carbocycles. The summed E-state index contributed by atoms with van der Waals surface area (Å²) in [6, 6.07) is 15.4. The Bertz CT molecular complexity index is 901. The molecule has 0 spiro atoms. The predicted molar refractivity (Wildman–Crippen MR) is 116 cm³/mol. The molecule has 0 aliphatic carbocycles. The summed E-state index contributed by atoms with van der Waals surface area (Å²) in [6.07, 6.45) is 5.86. The number of amides is 2. The number of nitrogens with zero attached hydrogens (tertiary/aromatic N) is 2. The zero-order chi connectivity index (χ0) is 20.5. The molecule has 6 nitrogen and oxygen atoms in total. The van der Waals surface area contributed by atoms with Gasteiger partial charge in [0.1, 0.15) is 11.4 Å². The van der Waals surface area contributed by atoms with E-state index in [0.717, 1.165) is 29.7 Å². The van der Waals surface area contributed by atoms with Gasteiger partial charge in [0.2, 0.25) is 0 Å². The summed E-state index contributed by atoms with van der Waals surface area (Å²) in [7, 11) is 0. The largest absolute Gasteiger partial charge is 0.338 e. The van der Waals surface area contributed by atoms with E-state index < -0.39 is 0 Å². The zero-order valence-electron chi connectivity index (χ0n) is 17.1. The van der Waals surface area contributed by atoms with E-state index in [0.29, 0.717) is 17.9 Å². The summed E-state index contributed by atoms with van der Waals surface area (Å²) in [4.78, 5) is 12.0. The SMILES string of the molecule is CCCCCCCNC(=O)Nc1ccc(-c2nonc2-c2ccc(C)cc2)cc1. The van der Waals surface area contributed by atoms with Gasteiger partial charge in [-0.1, -0.05) is 74.6 Å². The topological polar surface area (TPSA) is 80.0 Å². The van der Waals surface area contributed by atoms with Gasteiger partial charge in [0.25, 0.3) is 0 Å². The van der Waals surface area contributed by atoms with Crippen LogP contribution in [0.3, 0.4) is 0 Å². The summed E-state index contributed by atoms with van der Waals surface area (Å²) in [6.45, 7) is 4.93. The van der Waals surface area contributed by atoms with Crippen molar-refractivity contribution in [1.82, 2.24) is 15.6 Å². The first kappa shape index (κ1) is 20.6. The lowest BCUT2D eigenvalue weighted by atomic mass is 10.0. The molecule has 3 aromatic rings. The molecule has 0 unspecified atom stereocenters. The van der Waals surface area contributed by atoms with Crippen LogP contribution >= 0.6 is 0 Å². The first-order chi connectivity index (χ1) is 14.2. The molecule has 29 heavy (non-hydrogen) atoms. The van der Waals surface area contributed by atoms with E-state index in [4.69, 9.17) is 4.63 Å². The molecular weight excluding hydrogens is 364 g/mol. The molecule has 2 amide bonds. The number of anilines is 1. The summed E-state index contributed by atoms with van der Waals surface area (Å²) in [5.41, 5.74) is 5.12. The molecule has 0 aliphatic rings. The fourth-order valence-electron chi connectivity index (χ4n) is 3.10. The van der Waals surface area contributed by atoms with Gasteiger partial charge in [-0.25, -0.2) is 9.42 Å². The van der Waals surface area contributed by atoms with Crippen molar-refractivity contribution in [1.29, 1.82) is 0 Å². The highest BCUT2D eigenvalue weighted by atomic mass is 16.6. The molecule has 0 aliphatic heterocycles. The number of hydrogen-bond acceptors (Lipinski definition) is 4. The van der Waals surface area contributed by atoms with Crippen LogP contribution in [0.5, 0.6) is 0 Å². The van der Waals surface area contributed by atoms with Crippen molar-refractivity contribution in [2.24, 2.45) is 0 Å². The van der Waals surface area contributed by atoms with Gasteiger partial charge in [0.15, 0.2) is 0 Å². The monoisotopic (exact) mass is 392 g/mol. The summed E-state index contributed by atoms with van der Waals surface area (Å²) in [5.74, 6) is 0. The lowest BCUT2D eigenvalue weighted by Crippen LogP contribution is -2.29. The number of carbonyl (C=O) groups excluding carboxylic acids is 1. The molecule has 0 radical (unpaired) electrons. The van der Waals surface area contributed by atoms with Crippen LogP contribution in [0.15, 0.2) is 53.2 Å². The maximum atomic E-state index is 12.0. The van der Waals surface area contributed by atoms with Gasteiger partial charge in [-0.15, -0.1) is 0 Å². The third kappa shape index (κ3) is 5.91. The number of rotatable bonds is 9. The van der Waals surface area contributed by atoms with E-state index in [2.05, 4.69) is 27.9 Å². The first-order valence-corrected chi connectivity index (χ1v) is 10.2. The Hall–Kier alpha value is -3.15. The molecule has 6 heteroatoms. The standard InChI is InChI=1S/C23H28N4O2/c1-3-4-5-6-7-16-24-23(28)25-20-14-12-19(13-15-20)22-21(26-29-27-22)18-10-8-17(2)9-11-18/h8-15H,3-7,16H2,1-2H3,(H2,24,25,28). The van der Waals surface area contributed by atoms with E-state index in [9.17, 15) is 4.79 Å². The average molecular weight is 393 g/mol. The number of unbranched alkanes of at least 4 members (excludes halogenated alkanes) is 4. The Morgan fingerprint density at radius 3 is 2.07 bits per heavy atom. The predicted octanol–water partition coefficient (Wildman–Crippen LogP) is 5.80. The van der Waals surface area contributed by atoms with Crippen LogP contribution in [-0.2, 0) is 0 Å². The summed E-state index contributed by atoms with van der Waals surface area (Å²) >= 11 is 0. The van der Waals surface area contributed by atoms with Crippen LogP contribution in [0.2, 0.25) is 0 Å². The Morgan fingerprint density at radius 2 is 1.45 bits per heavy atom. The van der Waals surface area contributed by atoms with Gasteiger partial charge >= 0.3 is 6.03 Å². The highest BCUT2D eigenvalue weighted by Gasteiger charge is 2.14. The van der Waals surface area contributed by atoms with Crippen LogP contribution in [0.4, 0.5) is 10.5 Å². The van der Waals surface area contributed by atoms with Crippen molar-refractivity contribution in [2.75, 3.05) is 11.9 Å². The fraction of sp³-hybridized carbons (Fsp3) is 0.348. The molecule has 2 N–H and O–H groups in total. The van der Waals surface area contributed by atoms with Gasteiger partial charge in [-0.05, 0) is 35.8 Å². The number of aryl methyl sites for hydroxylation is 1. The molecule has 1 heterocycles. The van der Waals surface area contributed by atoms with Crippen molar-refractivity contribution in [3.8, 4) is 22.5 Å². The minimum Gasteiger partial charge on any atom is -0.338 e. The lowest BCUT2D eigenvalue weighted by molar-refractivity contribution is 0.252. The molecule has 0 fully saturated rings. The third-order valence-electron chi connectivity index (χ3n) is 4.80. The molecule has 0 atom stereocenters. The number of aromatic nitrogens is 2. The van der Waals surface area contributed by atoms with Gasteiger partial charge in [0.05, 0.1) is 0 Å². The van der Waals surface area contributed by atoms with E-state index in [-0.39, 0.29) is 6.03 Å². The minimum atomic E-state index is -0.184. The Kier molecular flexibility index (Phi) is 7.39. The van der Waals surface area contributed by atoms with Gasteiger partial charge in [0, 0.05) is 23.4 Å². The number of carbonyl (C=O) groups is 1. The van der Waals surface area contributed by atoms with Crippen molar-refractivity contribution in [3.63, 3.8) is 0 Å². The highest BCUT2D eigenvalue weighted by molar-refractivity contribution is 5.89. The van der Waals surface area contributed by atoms with Gasteiger partial charge in [-0.3, -0.25) is 0 Å². The maximum absolute atomic E-state index is 12.0. The fourth-order valence-corrected chi connectivity index (χ4v) is 3.10. The second kappa shape index (κ2) is 10.4. The van der Waals surface area contributed by atoms with E-state index in [1.807, 2.05) is 55.5 Å². The molecule has 1 aromatic heterocycles. The summed E-state index contributed by atoms with van der Waals surface area (Å²) in [5, 5.41) is 13.9. The smallest absolute Gasteiger partial charge is 0.319 e. The molecule has 0 bridgehead atoms. The van der Waals surface area contributed by atoms with Crippen LogP contribution in [0.25, 0.3) is 22.5 Å². The third-order valence-corrected chi connectivity index (χ3v) is 4.80. The Morgan fingerprint density at radius 1 is 0.862 bits per heavy atom. The van der Waals surface area contributed by atoms with Crippen LogP contribution in [0.1, 0.15) is 44.6 Å². The van der Waals surface area contributed by atoms with E-state index in [1.165, 1.54) is 24.8 Å². The van der Waals surface area contributed by atoms with Crippen LogP contribution in [-0.4, -0.2) is 22.9 Å². The van der Waals surface area contributed by atoms with Gasteiger partial charge in [-0.2, -0.15) is 0 Å². The number of nitrogens with one attached hydrogen (secondary N) is 2.